The number of carbonyl (C=O) groups excluding carboxylic acids is 1. The van der Waals surface area contributed by atoms with Gasteiger partial charge in [0, 0.05) is 12.6 Å². The number of likely N-dealkylation sites (N-methyl/N-ethyl adjacent to an activating group) is 1. The highest BCUT2D eigenvalue weighted by atomic mass is 16.5. The van der Waals surface area contributed by atoms with Crippen LogP contribution in [0.4, 0.5) is 0 Å². The molecule has 0 spiro atoms. The maximum Gasteiger partial charge on any atom is 0.247 e. The van der Waals surface area contributed by atoms with E-state index in [1.165, 1.54) is 22.8 Å². The highest BCUT2D eigenvalue weighted by Gasteiger charge is 2.18. The van der Waals surface area contributed by atoms with E-state index < -0.39 is 0 Å². The lowest BCUT2D eigenvalue weighted by molar-refractivity contribution is -0.115. The summed E-state index contributed by atoms with van der Waals surface area (Å²) in [6, 6.07) is 6.21. The van der Waals surface area contributed by atoms with Crippen LogP contribution in [0.1, 0.15) is 17.5 Å². The lowest BCUT2D eigenvalue weighted by atomic mass is 10.1. The second-order valence-electron chi connectivity index (χ2n) is 5.74. The van der Waals surface area contributed by atoms with E-state index in [1.807, 2.05) is 6.07 Å². The summed E-state index contributed by atoms with van der Waals surface area (Å²) in [5, 5.41) is 2.71. The normalized spacial score (nSPS) is 18.9. The van der Waals surface area contributed by atoms with Gasteiger partial charge in [0.25, 0.3) is 0 Å². The molecule has 1 aliphatic heterocycles. The molecular formula is C17H20N2O2. The first kappa shape index (κ1) is 13.9. The van der Waals surface area contributed by atoms with Crippen molar-refractivity contribution in [1.82, 2.24) is 10.2 Å². The van der Waals surface area contributed by atoms with Crippen molar-refractivity contribution in [2.24, 2.45) is 0 Å². The van der Waals surface area contributed by atoms with Gasteiger partial charge in [0.2, 0.25) is 5.91 Å². The first-order chi connectivity index (χ1) is 10.1. The number of hydrogen-bond donors (Lipinski definition) is 1. The molecule has 3 rings (SSSR count). The quantitative estimate of drug-likeness (QED) is 0.919. The molecule has 4 nitrogen and oxygen atoms in total. The van der Waals surface area contributed by atoms with Gasteiger partial charge in [-0.1, -0.05) is 12.1 Å². The molecule has 0 saturated carbocycles. The van der Waals surface area contributed by atoms with Crippen molar-refractivity contribution >= 4 is 11.5 Å². The van der Waals surface area contributed by atoms with Gasteiger partial charge in [-0.2, -0.15) is 0 Å². The second-order valence-corrected chi connectivity index (χ2v) is 5.74. The predicted molar refractivity (Wildman–Crippen MR) is 83.0 cm³/mol. The van der Waals surface area contributed by atoms with E-state index in [-0.39, 0.29) is 5.91 Å². The molecule has 2 aliphatic rings. The fraction of sp³-hybridized carbons (Fsp3) is 0.353. The number of fused-ring (bicyclic) bond motifs is 1. The van der Waals surface area contributed by atoms with Crippen LogP contribution in [-0.2, 0) is 11.2 Å². The Morgan fingerprint density at radius 2 is 2.19 bits per heavy atom. The summed E-state index contributed by atoms with van der Waals surface area (Å²) in [7, 11) is 4.14. The van der Waals surface area contributed by atoms with Crippen LogP contribution in [0.25, 0.3) is 5.57 Å². The number of ether oxygens (including phenoxy) is 1. The average Bonchev–Trinajstić information content (AvgIpc) is 3.03. The summed E-state index contributed by atoms with van der Waals surface area (Å²) in [6.07, 6.45) is 5.98. The van der Waals surface area contributed by atoms with Crippen LogP contribution in [0.5, 0.6) is 5.75 Å². The largest absolute Gasteiger partial charge is 0.460 e. The molecule has 1 amide bonds. The van der Waals surface area contributed by atoms with Crippen LogP contribution in [-0.4, -0.2) is 38.0 Å². The molecule has 0 unspecified atom stereocenters. The van der Waals surface area contributed by atoms with E-state index >= 15 is 0 Å². The molecule has 1 aliphatic carbocycles. The topological polar surface area (TPSA) is 41.6 Å². The van der Waals surface area contributed by atoms with Crippen LogP contribution < -0.4 is 10.1 Å². The van der Waals surface area contributed by atoms with Crippen molar-refractivity contribution in [2.45, 2.75) is 12.8 Å². The molecular weight excluding hydrogens is 264 g/mol. The minimum atomic E-state index is -0.0854. The number of aryl methyl sites for hydroxylation is 1. The first-order valence-corrected chi connectivity index (χ1v) is 7.25. The number of hydrogen-bond acceptors (Lipinski definition) is 3. The minimum Gasteiger partial charge on any atom is -0.460 e. The van der Waals surface area contributed by atoms with Crippen LogP contribution >= 0.6 is 0 Å². The van der Waals surface area contributed by atoms with Crippen molar-refractivity contribution < 1.29 is 9.53 Å². The zero-order chi connectivity index (χ0) is 14.8. The van der Waals surface area contributed by atoms with E-state index in [0.29, 0.717) is 12.3 Å². The Labute approximate surface area is 125 Å². The zero-order valence-electron chi connectivity index (χ0n) is 12.5. The number of benzene rings is 1. The van der Waals surface area contributed by atoms with Gasteiger partial charge in [0.15, 0.2) is 0 Å². The Kier molecular flexibility index (Phi) is 3.80. The van der Waals surface area contributed by atoms with Gasteiger partial charge in [-0.15, -0.1) is 0 Å². The fourth-order valence-electron chi connectivity index (χ4n) is 2.68. The summed E-state index contributed by atoms with van der Waals surface area (Å²) in [6.45, 7) is 1.42. The third-order valence-corrected chi connectivity index (χ3v) is 3.77. The Hall–Kier alpha value is -2.07. The highest BCUT2D eigenvalue weighted by Crippen LogP contribution is 2.35. The van der Waals surface area contributed by atoms with E-state index in [0.717, 1.165) is 25.1 Å². The summed E-state index contributed by atoms with van der Waals surface area (Å²) in [4.78, 5) is 13.3. The predicted octanol–water partition coefficient (Wildman–Crippen LogP) is 1.97. The van der Waals surface area contributed by atoms with Gasteiger partial charge in [-0.3, -0.25) is 4.79 Å². The molecule has 0 saturated heterocycles. The molecule has 1 aromatic carbocycles. The highest BCUT2D eigenvalue weighted by molar-refractivity contribution is 5.90. The molecule has 1 aromatic rings. The molecule has 1 N–H and O–H groups in total. The van der Waals surface area contributed by atoms with Gasteiger partial charge < -0.3 is 15.0 Å². The molecule has 0 aromatic heterocycles. The van der Waals surface area contributed by atoms with Crippen LogP contribution in [0, 0.1) is 0 Å². The number of rotatable bonds is 4. The maximum absolute atomic E-state index is 11.2. The van der Waals surface area contributed by atoms with E-state index in [9.17, 15) is 4.79 Å². The molecule has 0 radical (unpaired) electrons. The minimum absolute atomic E-state index is 0.0854. The maximum atomic E-state index is 11.2. The van der Waals surface area contributed by atoms with E-state index in [2.05, 4.69) is 42.5 Å². The fourth-order valence-corrected chi connectivity index (χ4v) is 2.68. The summed E-state index contributed by atoms with van der Waals surface area (Å²) < 4.78 is 5.79. The molecule has 0 atom stereocenters. The Morgan fingerprint density at radius 3 is 2.90 bits per heavy atom. The van der Waals surface area contributed by atoms with Gasteiger partial charge in [-0.25, -0.2) is 0 Å². The average molecular weight is 284 g/mol. The third kappa shape index (κ3) is 3.16. The molecule has 110 valence electrons. The van der Waals surface area contributed by atoms with Crippen molar-refractivity contribution in [3.8, 4) is 5.75 Å². The third-order valence-electron chi connectivity index (χ3n) is 3.77. The Bertz CT molecular complexity index is 630. The number of amides is 1. The van der Waals surface area contributed by atoms with E-state index in [1.54, 1.807) is 0 Å². The summed E-state index contributed by atoms with van der Waals surface area (Å²) in [5.74, 6) is 1.39. The van der Waals surface area contributed by atoms with Crippen molar-refractivity contribution in [3.05, 3.63) is 47.2 Å². The standard InChI is InChI=1S/C17H20N2O2/c1-19(2)8-7-13-4-3-12-5-6-14(9-16(12)13)21-15-10-17(20)18-11-15/h5-7,9-10H,3-4,8,11H2,1-2H3,(H,18,20)/b13-7+. The van der Waals surface area contributed by atoms with Gasteiger partial charge >= 0.3 is 0 Å². The SMILES string of the molecule is CN(C)C/C=C1\CCc2ccc(OC3=CC(=O)NC3)cc21. The molecule has 0 fully saturated rings. The number of nitrogens with one attached hydrogen (secondary N) is 1. The number of nitrogens with zero attached hydrogens (tertiary/aromatic N) is 1. The smallest absolute Gasteiger partial charge is 0.247 e. The van der Waals surface area contributed by atoms with Crippen molar-refractivity contribution in [3.63, 3.8) is 0 Å². The summed E-state index contributed by atoms with van der Waals surface area (Å²) >= 11 is 0. The molecule has 4 heteroatoms. The number of carbonyl (C=O) groups is 1. The molecule has 0 bridgehead atoms. The van der Waals surface area contributed by atoms with E-state index in [4.69, 9.17) is 4.74 Å². The Balaban J connectivity index is 1.80. The Morgan fingerprint density at radius 1 is 1.33 bits per heavy atom. The lowest BCUT2D eigenvalue weighted by Crippen LogP contribution is -2.15. The molecule has 21 heavy (non-hydrogen) atoms. The zero-order valence-corrected chi connectivity index (χ0v) is 12.5. The van der Waals surface area contributed by atoms with Crippen molar-refractivity contribution in [1.29, 1.82) is 0 Å². The van der Waals surface area contributed by atoms with Crippen molar-refractivity contribution in [2.75, 3.05) is 27.2 Å². The van der Waals surface area contributed by atoms with Gasteiger partial charge in [0.1, 0.15) is 11.5 Å². The van der Waals surface area contributed by atoms with Crippen LogP contribution in [0.15, 0.2) is 36.1 Å². The van der Waals surface area contributed by atoms with Gasteiger partial charge in [0.05, 0.1) is 6.54 Å². The first-order valence-electron chi connectivity index (χ1n) is 7.25. The van der Waals surface area contributed by atoms with Gasteiger partial charge in [-0.05, 0) is 55.8 Å². The van der Waals surface area contributed by atoms with Crippen LogP contribution in [0.2, 0.25) is 0 Å². The summed E-state index contributed by atoms with van der Waals surface area (Å²) in [5.41, 5.74) is 4.05. The number of allylic oxidation sites excluding steroid dienone is 1. The monoisotopic (exact) mass is 284 g/mol. The second kappa shape index (κ2) is 5.74. The molecule has 1 heterocycles. The lowest BCUT2D eigenvalue weighted by Gasteiger charge is -2.10. The van der Waals surface area contributed by atoms with Crippen LogP contribution in [0.3, 0.4) is 0 Å².